The van der Waals surface area contributed by atoms with Crippen LogP contribution in [0.3, 0.4) is 0 Å². The highest BCUT2D eigenvalue weighted by molar-refractivity contribution is 6.09. The van der Waals surface area contributed by atoms with Crippen LogP contribution < -0.4 is 0 Å². The first-order valence-electron chi connectivity index (χ1n) is 16.5. The predicted octanol–water partition coefficient (Wildman–Crippen LogP) is 11.5. The maximum absolute atomic E-state index is 6.44. The van der Waals surface area contributed by atoms with Gasteiger partial charge < -0.3 is 8.83 Å². The molecule has 0 atom stereocenters. The van der Waals surface area contributed by atoms with Crippen LogP contribution in [-0.2, 0) is 5.41 Å². The van der Waals surface area contributed by atoms with E-state index < -0.39 is 0 Å². The smallest absolute Gasteiger partial charge is 0.227 e. The van der Waals surface area contributed by atoms with Gasteiger partial charge in [-0.3, -0.25) is 0 Å². The molecule has 3 aromatic heterocycles. The van der Waals surface area contributed by atoms with Crippen LogP contribution in [0.2, 0.25) is 0 Å². The molecule has 0 radical (unpaired) electrons. The number of hydrogen-bond acceptors (Lipinski definition) is 5. The van der Waals surface area contributed by atoms with Crippen molar-refractivity contribution in [3.8, 4) is 56.5 Å². The van der Waals surface area contributed by atoms with Gasteiger partial charge in [-0.2, -0.15) is 0 Å². The van der Waals surface area contributed by atoms with E-state index in [2.05, 4.69) is 105 Å². The second-order valence-electron chi connectivity index (χ2n) is 13.2. The first kappa shape index (κ1) is 27.8. The Morgan fingerprint density at radius 2 is 1.14 bits per heavy atom. The van der Waals surface area contributed by atoms with Gasteiger partial charge in [0.25, 0.3) is 0 Å². The molecule has 10 rings (SSSR count). The number of nitrogens with zero attached hydrogens (tertiary/aromatic N) is 3. The lowest BCUT2D eigenvalue weighted by Crippen LogP contribution is -2.17. The molecule has 0 bridgehead atoms. The number of fused-ring (bicyclic) bond motifs is 7. The molecular weight excluding hydrogens is 603 g/mol. The third kappa shape index (κ3) is 4.22. The summed E-state index contributed by atoms with van der Waals surface area (Å²) < 4.78 is 12.6. The van der Waals surface area contributed by atoms with Gasteiger partial charge in [-0.1, -0.05) is 117 Å². The van der Waals surface area contributed by atoms with Gasteiger partial charge in [0.05, 0.1) is 11.4 Å². The highest BCUT2D eigenvalue weighted by atomic mass is 16.3. The van der Waals surface area contributed by atoms with Gasteiger partial charge in [0.2, 0.25) is 5.89 Å². The zero-order valence-corrected chi connectivity index (χ0v) is 26.9. The lowest BCUT2D eigenvalue weighted by Gasteiger charge is -2.24. The molecule has 0 N–H and O–H groups in total. The van der Waals surface area contributed by atoms with Crippen molar-refractivity contribution in [1.82, 2.24) is 15.0 Å². The average molecular weight is 632 g/mol. The third-order valence-corrected chi connectivity index (χ3v) is 9.90. The van der Waals surface area contributed by atoms with Gasteiger partial charge >= 0.3 is 0 Å². The minimum Gasteiger partial charge on any atom is -0.455 e. The molecule has 0 saturated heterocycles. The Kier molecular flexibility index (Phi) is 5.85. The normalized spacial score (nSPS) is 13.3. The molecule has 0 amide bonds. The van der Waals surface area contributed by atoms with Gasteiger partial charge in [-0.15, -0.1) is 0 Å². The first-order chi connectivity index (χ1) is 24.0. The number of para-hydroxylation sites is 4. The summed E-state index contributed by atoms with van der Waals surface area (Å²) in [6, 6.07) is 47.8. The van der Waals surface area contributed by atoms with Crippen LogP contribution in [0.1, 0.15) is 25.0 Å². The second-order valence-corrected chi connectivity index (χ2v) is 13.2. The van der Waals surface area contributed by atoms with E-state index in [0.717, 1.165) is 83.4 Å². The lowest BCUT2D eigenvalue weighted by atomic mass is 9.80. The summed E-state index contributed by atoms with van der Waals surface area (Å²) in [7, 11) is 0. The fraction of sp³-hybridized carbons (Fsp3) is 0.0682. The predicted molar refractivity (Wildman–Crippen MR) is 196 cm³/mol. The molecular formula is C44H29N3O2. The number of hydrogen-bond donors (Lipinski definition) is 0. The topological polar surface area (TPSA) is 65.0 Å². The molecule has 1 aliphatic carbocycles. The van der Waals surface area contributed by atoms with Crippen molar-refractivity contribution in [3.63, 3.8) is 0 Å². The molecule has 49 heavy (non-hydrogen) atoms. The van der Waals surface area contributed by atoms with E-state index in [9.17, 15) is 0 Å². The molecule has 5 nitrogen and oxygen atoms in total. The van der Waals surface area contributed by atoms with E-state index in [1.54, 1.807) is 0 Å². The molecule has 0 saturated carbocycles. The van der Waals surface area contributed by atoms with Crippen LogP contribution in [0.15, 0.2) is 148 Å². The monoisotopic (exact) mass is 631 g/mol. The Balaban J connectivity index is 1.17. The number of furan rings is 1. The maximum Gasteiger partial charge on any atom is 0.227 e. The Morgan fingerprint density at radius 1 is 0.490 bits per heavy atom. The summed E-state index contributed by atoms with van der Waals surface area (Å²) in [5, 5.41) is 2.23. The highest BCUT2D eigenvalue weighted by Gasteiger charge is 2.40. The standard InChI is InChI=1S/C44H29N3O2/c1-44(2)34-20-5-3-17-33(34)40-38(44)39(46-42(47-40)28-14-10-15-29(25-28)43-45-35-21-6-8-23-37(35)49-43)27-13-9-12-26(24-27)30-18-11-19-32-31-16-4-7-22-36(31)48-41(30)32/h3-25H,1-2H3. The Labute approximate surface area is 282 Å². The molecule has 232 valence electrons. The number of aromatic nitrogens is 3. The van der Waals surface area contributed by atoms with Crippen molar-refractivity contribution >= 4 is 33.0 Å². The number of rotatable bonds is 4. The summed E-state index contributed by atoms with van der Waals surface area (Å²) in [6.07, 6.45) is 0. The third-order valence-electron chi connectivity index (χ3n) is 9.90. The highest BCUT2D eigenvalue weighted by Crippen LogP contribution is 2.51. The lowest BCUT2D eigenvalue weighted by molar-refractivity contribution is 0.620. The van der Waals surface area contributed by atoms with Crippen LogP contribution in [0.25, 0.3) is 89.5 Å². The Hall–Kier alpha value is -6.33. The van der Waals surface area contributed by atoms with Crippen molar-refractivity contribution in [2.45, 2.75) is 19.3 Å². The van der Waals surface area contributed by atoms with Crippen LogP contribution in [0.4, 0.5) is 0 Å². The molecule has 3 heterocycles. The van der Waals surface area contributed by atoms with Crippen molar-refractivity contribution in [1.29, 1.82) is 0 Å². The van der Waals surface area contributed by atoms with Crippen molar-refractivity contribution in [2.75, 3.05) is 0 Å². The summed E-state index contributed by atoms with van der Waals surface area (Å²) >= 11 is 0. The average Bonchev–Trinajstić information content (AvgIpc) is 3.82. The molecule has 1 aliphatic rings. The van der Waals surface area contributed by atoms with Crippen LogP contribution in [0, 0.1) is 0 Å². The van der Waals surface area contributed by atoms with Crippen molar-refractivity contribution in [2.24, 2.45) is 0 Å². The molecule has 0 aliphatic heterocycles. The molecule has 5 heteroatoms. The summed E-state index contributed by atoms with van der Waals surface area (Å²) in [4.78, 5) is 15.4. The van der Waals surface area contributed by atoms with E-state index in [4.69, 9.17) is 23.8 Å². The molecule has 9 aromatic rings. The fourth-order valence-corrected chi connectivity index (χ4v) is 7.55. The fourth-order valence-electron chi connectivity index (χ4n) is 7.55. The zero-order valence-electron chi connectivity index (χ0n) is 26.9. The maximum atomic E-state index is 6.44. The van der Waals surface area contributed by atoms with Crippen molar-refractivity contribution < 1.29 is 8.83 Å². The van der Waals surface area contributed by atoms with Gasteiger partial charge in [0.15, 0.2) is 11.4 Å². The van der Waals surface area contributed by atoms with Crippen LogP contribution in [0.5, 0.6) is 0 Å². The van der Waals surface area contributed by atoms with Crippen LogP contribution >= 0.6 is 0 Å². The minimum absolute atomic E-state index is 0.297. The molecule has 6 aromatic carbocycles. The number of benzene rings is 6. The summed E-state index contributed by atoms with van der Waals surface area (Å²) in [5.41, 5.74) is 13.4. The van der Waals surface area contributed by atoms with Gasteiger partial charge in [0.1, 0.15) is 16.7 Å². The zero-order chi connectivity index (χ0) is 32.7. The first-order valence-corrected chi connectivity index (χ1v) is 16.5. The van der Waals surface area contributed by atoms with Gasteiger partial charge in [-0.25, -0.2) is 15.0 Å². The molecule has 0 unspecified atom stereocenters. The SMILES string of the molecule is CC1(C)c2ccccc2-c2nc(-c3cccc(-c4nc5ccccc5o4)c3)nc(-c3cccc(-c4cccc5c4oc4ccccc45)c3)c21. The van der Waals surface area contributed by atoms with Gasteiger partial charge in [0, 0.05) is 49.6 Å². The van der Waals surface area contributed by atoms with Crippen LogP contribution in [-0.4, -0.2) is 15.0 Å². The largest absolute Gasteiger partial charge is 0.455 e. The number of oxazole rings is 1. The Morgan fingerprint density at radius 3 is 2.04 bits per heavy atom. The van der Waals surface area contributed by atoms with E-state index in [-0.39, 0.29) is 5.41 Å². The van der Waals surface area contributed by atoms with Crippen molar-refractivity contribution in [3.05, 3.63) is 151 Å². The van der Waals surface area contributed by atoms with E-state index in [1.165, 1.54) is 5.56 Å². The van der Waals surface area contributed by atoms with E-state index in [0.29, 0.717) is 11.7 Å². The molecule has 0 fully saturated rings. The molecule has 0 spiro atoms. The second kappa shape index (κ2) is 10.3. The Bertz CT molecular complexity index is 2740. The summed E-state index contributed by atoms with van der Waals surface area (Å²) in [6.45, 7) is 4.55. The summed E-state index contributed by atoms with van der Waals surface area (Å²) in [5.74, 6) is 1.23. The quantitative estimate of drug-likeness (QED) is 0.193. The van der Waals surface area contributed by atoms with E-state index in [1.807, 2.05) is 48.5 Å². The van der Waals surface area contributed by atoms with E-state index >= 15 is 0 Å². The van der Waals surface area contributed by atoms with Gasteiger partial charge in [-0.05, 0) is 47.5 Å². The minimum atomic E-state index is -0.297.